The standard InChI is InChI=1S/C15H21N3O2S.C2H6/c19-18(20)13-4-5-14-15(12-13)21-11-10-17(14)9-3-8-16-6-1-2-7-16;1-2/h4-5,12H,1-3,6-11H2;1-2H3. The third-order valence-corrected chi connectivity index (χ3v) is 5.24. The highest BCUT2D eigenvalue weighted by Gasteiger charge is 2.20. The molecular formula is C17H27N3O2S. The summed E-state index contributed by atoms with van der Waals surface area (Å²) in [7, 11) is 0. The van der Waals surface area contributed by atoms with Crippen LogP contribution >= 0.6 is 11.8 Å². The predicted octanol–water partition coefficient (Wildman–Crippen LogP) is 4.02. The Kier molecular flexibility index (Phi) is 7.17. The van der Waals surface area contributed by atoms with Crippen molar-refractivity contribution in [2.24, 2.45) is 0 Å². The van der Waals surface area contributed by atoms with E-state index in [2.05, 4.69) is 9.80 Å². The number of hydrogen-bond donors (Lipinski definition) is 0. The van der Waals surface area contributed by atoms with Crippen molar-refractivity contribution in [1.29, 1.82) is 0 Å². The van der Waals surface area contributed by atoms with Crippen LogP contribution in [0.25, 0.3) is 0 Å². The van der Waals surface area contributed by atoms with Crippen molar-refractivity contribution >= 4 is 23.1 Å². The zero-order valence-electron chi connectivity index (χ0n) is 14.2. The summed E-state index contributed by atoms with van der Waals surface area (Å²) in [5, 5.41) is 10.9. The van der Waals surface area contributed by atoms with Gasteiger partial charge in [0.1, 0.15) is 0 Å². The Morgan fingerprint density at radius 3 is 2.61 bits per heavy atom. The SMILES string of the molecule is CC.O=[N+]([O-])c1ccc2c(c1)SCCN2CCCN1CCCC1. The van der Waals surface area contributed by atoms with Gasteiger partial charge in [-0.25, -0.2) is 0 Å². The molecule has 1 saturated heterocycles. The fraction of sp³-hybridized carbons (Fsp3) is 0.647. The Morgan fingerprint density at radius 1 is 1.17 bits per heavy atom. The first-order valence-electron chi connectivity index (χ1n) is 8.62. The molecule has 23 heavy (non-hydrogen) atoms. The molecule has 0 bridgehead atoms. The third-order valence-electron chi connectivity index (χ3n) is 4.21. The number of likely N-dealkylation sites (tertiary alicyclic amines) is 1. The highest BCUT2D eigenvalue weighted by Crippen LogP contribution is 2.37. The highest BCUT2D eigenvalue weighted by atomic mass is 32.2. The van der Waals surface area contributed by atoms with Crippen molar-refractivity contribution in [1.82, 2.24) is 4.90 Å². The molecule has 0 atom stereocenters. The normalized spacial score (nSPS) is 17.4. The molecule has 1 fully saturated rings. The fourth-order valence-electron chi connectivity index (χ4n) is 3.10. The quantitative estimate of drug-likeness (QED) is 0.600. The lowest BCUT2D eigenvalue weighted by Gasteiger charge is -2.31. The number of benzene rings is 1. The molecule has 0 saturated carbocycles. The lowest BCUT2D eigenvalue weighted by Crippen LogP contribution is -2.32. The van der Waals surface area contributed by atoms with E-state index in [1.807, 2.05) is 19.9 Å². The maximum absolute atomic E-state index is 10.9. The minimum atomic E-state index is -0.312. The van der Waals surface area contributed by atoms with Crippen LogP contribution in [0.5, 0.6) is 0 Å². The summed E-state index contributed by atoms with van der Waals surface area (Å²) in [5.74, 6) is 1.01. The molecule has 1 aromatic rings. The van der Waals surface area contributed by atoms with Crippen LogP contribution < -0.4 is 4.90 Å². The van der Waals surface area contributed by atoms with E-state index in [1.165, 1.54) is 44.6 Å². The molecule has 0 aromatic heterocycles. The molecule has 0 aliphatic carbocycles. The van der Waals surface area contributed by atoms with Gasteiger partial charge in [-0.3, -0.25) is 10.1 Å². The van der Waals surface area contributed by atoms with Crippen LogP contribution in [-0.2, 0) is 0 Å². The topological polar surface area (TPSA) is 49.6 Å². The van der Waals surface area contributed by atoms with Gasteiger partial charge in [0, 0.05) is 35.9 Å². The third kappa shape index (κ3) is 4.85. The average molecular weight is 337 g/mol. The monoisotopic (exact) mass is 337 g/mol. The number of nitrogens with zero attached hydrogens (tertiary/aromatic N) is 3. The molecule has 128 valence electrons. The molecule has 2 aliphatic rings. The van der Waals surface area contributed by atoms with Gasteiger partial charge in [-0.2, -0.15) is 0 Å². The average Bonchev–Trinajstić information content (AvgIpc) is 3.10. The predicted molar refractivity (Wildman–Crippen MR) is 97.7 cm³/mol. The van der Waals surface area contributed by atoms with E-state index in [-0.39, 0.29) is 10.6 Å². The number of fused-ring (bicyclic) bond motifs is 1. The van der Waals surface area contributed by atoms with Gasteiger partial charge >= 0.3 is 0 Å². The molecule has 2 heterocycles. The summed E-state index contributed by atoms with van der Waals surface area (Å²) in [6.07, 6.45) is 3.85. The van der Waals surface area contributed by atoms with Gasteiger partial charge in [-0.1, -0.05) is 13.8 Å². The Hall–Kier alpha value is -1.27. The van der Waals surface area contributed by atoms with Crippen molar-refractivity contribution < 1.29 is 4.92 Å². The van der Waals surface area contributed by atoms with Gasteiger partial charge in [0.15, 0.2) is 0 Å². The summed E-state index contributed by atoms with van der Waals surface area (Å²) >= 11 is 1.73. The van der Waals surface area contributed by atoms with Crippen molar-refractivity contribution in [2.45, 2.75) is 38.0 Å². The van der Waals surface area contributed by atoms with Crippen molar-refractivity contribution in [3.05, 3.63) is 28.3 Å². The lowest BCUT2D eigenvalue weighted by molar-refractivity contribution is -0.385. The van der Waals surface area contributed by atoms with Gasteiger partial charge in [0.05, 0.1) is 10.6 Å². The molecule has 3 rings (SSSR count). The second kappa shape index (κ2) is 9.13. The molecule has 0 N–H and O–H groups in total. The Bertz CT molecular complexity index is 519. The van der Waals surface area contributed by atoms with E-state index in [1.54, 1.807) is 23.9 Å². The first kappa shape index (κ1) is 18.1. The van der Waals surface area contributed by atoms with Crippen molar-refractivity contribution in [2.75, 3.05) is 43.4 Å². The van der Waals surface area contributed by atoms with E-state index in [9.17, 15) is 10.1 Å². The molecule has 0 radical (unpaired) electrons. The van der Waals surface area contributed by atoms with Gasteiger partial charge in [0.25, 0.3) is 5.69 Å². The minimum absolute atomic E-state index is 0.195. The van der Waals surface area contributed by atoms with E-state index >= 15 is 0 Å². The van der Waals surface area contributed by atoms with Gasteiger partial charge in [-0.15, -0.1) is 11.8 Å². The molecule has 0 spiro atoms. The molecular weight excluding hydrogens is 310 g/mol. The van der Waals surface area contributed by atoms with Gasteiger partial charge < -0.3 is 9.80 Å². The van der Waals surface area contributed by atoms with E-state index in [0.29, 0.717) is 0 Å². The Balaban J connectivity index is 0.000000924. The Morgan fingerprint density at radius 2 is 1.91 bits per heavy atom. The summed E-state index contributed by atoms with van der Waals surface area (Å²) in [6, 6.07) is 5.25. The van der Waals surface area contributed by atoms with Crippen LogP contribution in [0.15, 0.2) is 23.1 Å². The smallest absolute Gasteiger partial charge is 0.270 e. The number of thioether (sulfide) groups is 1. The molecule has 0 amide bonds. The molecule has 1 aromatic carbocycles. The van der Waals surface area contributed by atoms with Crippen LogP contribution in [0.2, 0.25) is 0 Å². The zero-order valence-corrected chi connectivity index (χ0v) is 15.0. The van der Waals surface area contributed by atoms with E-state index in [0.717, 1.165) is 23.7 Å². The summed E-state index contributed by atoms with van der Waals surface area (Å²) in [5.41, 5.74) is 1.36. The molecule has 2 aliphatic heterocycles. The van der Waals surface area contributed by atoms with E-state index < -0.39 is 0 Å². The summed E-state index contributed by atoms with van der Waals surface area (Å²) in [6.45, 7) is 9.75. The number of nitro groups is 1. The van der Waals surface area contributed by atoms with Gasteiger partial charge in [0.2, 0.25) is 0 Å². The molecule has 6 heteroatoms. The maximum Gasteiger partial charge on any atom is 0.270 e. The molecule has 5 nitrogen and oxygen atoms in total. The summed E-state index contributed by atoms with van der Waals surface area (Å²) in [4.78, 5) is 16.5. The largest absolute Gasteiger partial charge is 0.370 e. The maximum atomic E-state index is 10.9. The van der Waals surface area contributed by atoms with Crippen LogP contribution in [0.1, 0.15) is 33.1 Å². The van der Waals surface area contributed by atoms with Crippen LogP contribution in [0.3, 0.4) is 0 Å². The highest BCUT2D eigenvalue weighted by molar-refractivity contribution is 7.99. The Labute approximate surface area is 143 Å². The molecule has 0 unspecified atom stereocenters. The second-order valence-electron chi connectivity index (χ2n) is 5.65. The fourth-order valence-corrected chi connectivity index (χ4v) is 4.18. The number of non-ortho nitro benzene ring substituents is 1. The van der Waals surface area contributed by atoms with Crippen LogP contribution in [-0.4, -0.2) is 48.3 Å². The summed E-state index contributed by atoms with van der Waals surface area (Å²) < 4.78 is 0. The number of rotatable bonds is 5. The minimum Gasteiger partial charge on any atom is -0.370 e. The first-order chi connectivity index (χ1) is 11.2. The van der Waals surface area contributed by atoms with Gasteiger partial charge in [-0.05, 0) is 45.0 Å². The second-order valence-corrected chi connectivity index (χ2v) is 6.78. The number of hydrogen-bond acceptors (Lipinski definition) is 5. The lowest BCUT2D eigenvalue weighted by atomic mass is 10.2. The first-order valence-corrected chi connectivity index (χ1v) is 9.61. The van der Waals surface area contributed by atoms with Crippen LogP contribution in [0, 0.1) is 10.1 Å². The number of nitro benzene ring substituents is 1. The number of anilines is 1. The van der Waals surface area contributed by atoms with Crippen molar-refractivity contribution in [3.63, 3.8) is 0 Å². The van der Waals surface area contributed by atoms with E-state index in [4.69, 9.17) is 0 Å². The van der Waals surface area contributed by atoms with Crippen molar-refractivity contribution in [3.8, 4) is 0 Å². The van der Waals surface area contributed by atoms with Crippen LogP contribution in [0.4, 0.5) is 11.4 Å². The zero-order chi connectivity index (χ0) is 16.7.